The number of nitrogens with two attached hydrogens (primary N) is 1. The normalized spacial score (nSPS) is 12.1. The predicted molar refractivity (Wildman–Crippen MR) is 79.1 cm³/mol. The van der Waals surface area contributed by atoms with Gasteiger partial charge in [-0.3, -0.25) is 14.3 Å². The highest BCUT2D eigenvalue weighted by Crippen LogP contribution is 2.29. The van der Waals surface area contributed by atoms with Gasteiger partial charge in [-0.05, 0) is 12.1 Å². The second kappa shape index (κ2) is 6.02. The quantitative estimate of drug-likeness (QED) is 0.534. The fraction of sp³-hybridized carbons (Fsp3) is 0.0769. The van der Waals surface area contributed by atoms with Crippen molar-refractivity contribution in [3.8, 4) is 0 Å². The number of benzene rings is 2. The van der Waals surface area contributed by atoms with Crippen molar-refractivity contribution in [1.82, 2.24) is 0 Å². The first kappa shape index (κ1) is 14.5. The number of nitrogen functional groups attached to an aromatic ring is 1. The molecule has 0 saturated carbocycles. The number of para-hydroxylation sites is 1. The zero-order valence-electron chi connectivity index (χ0n) is 10.3. The summed E-state index contributed by atoms with van der Waals surface area (Å²) < 4.78 is 12.4. The minimum absolute atomic E-state index is 0.00884. The molecule has 0 radical (unpaired) electrons. The first-order chi connectivity index (χ1) is 9.50. The molecule has 1 atom stereocenters. The van der Waals surface area contributed by atoms with E-state index in [4.69, 9.17) is 17.3 Å². The van der Waals surface area contributed by atoms with Crippen LogP contribution in [-0.2, 0) is 16.6 Å². The molecule has 0 amide bonds. The van der Waals surface area contributed by atoms with Crippen LogP contribution in [0.3, 0.4) is 0 Å². The Morgan fingerprint density at radius 3 is 2.55 bits per heavy atom. The lowest BCUT2D eigenvalue weighted by Crippen LogP contribution is -2.04. The van der Waals surface area contributed by atoms with E-state index >= 15 is 0 Å². The summed E-state index contributed by atoms with van der Waals surface area (Å²) >= 11 is 5.99. The second-order valence-corrected chi connectivity index (χ2v) is 5.83. The summed E-state index contributed by atoms with van der Waals surface area (Å²) in [4.78, 5) is 10.7. The Balaban J connectivity index is 2.36. The van der Waals surface area contributed by atoms with Gasteiger partial charge in [-0.15, -0.1) is 0 Å². The molecule has 2 aromatic carbocycles. The van der Waals surface area contributed by atoms with Crippen LogP contribution in [-0.4, -0.2) is 9.13 Å². The lowest BCUT2D eigenvalue weighted by Gasteiger charge is -2.08. The Bertz CT molecular complexity index is 671. The lowest BCUT2D eigenvalue weighted by molar-refractivity contribution is -0.385. The predicted octanol–water partition coefficient (Wildman–Crippen LogP) is 3.14. The maximum atomic E-state index is 12.4. The SMILES string of the molecule is Nc1cccc(Cl)c1S(=O)Cc1ccccc1[N+](=O)[O-]. The molecule has 0 bridgehead atoms. The third-order valence-corrected chi connectivity index (χ3v) is 4.61. The standard InChI is InChI=1S/C13H11ClN2O3S/c14-10-5-3-6-11(15)13(10)20(19)8-9-4-1-2-7-12(9)16(17)18/h1-7H,8,15H2. The molecule has 104 valence electrons. The summed E-state index contributed by atoms with van der Waals surface area (Å²) in [5, 5.41) is 11.2. The van der Waals surface area contributed by atoms with E-state index in [0.717, 1.165) is 0 Å². The van der Waals surface area contributed by atoms with Gasteiger partial charge >= 0.3 is 0 Å². The first-order valence-electron chi connectivity index (χ1n) is 5.65. The topological polar surface area (TPSA) is 86.2 Å². The fourth-order valence-electron chi connectivity index (χ4n) is 1.79. The number of hydrogen-bond donors (Lipinski definition) is 1. The zero-order valence-corrected chi connectivity index (χ0v) is 11.9. The van der Waals surface area contributed by atoms with Crippen LogP contribution < -0.4 is 5.73 Å². The van der Waals surface area contributed by atoms with Gasteiger partial charge in [0.2, 0.25) is 0 Å². The minimum Gasteiger partial charge on any atom is -0.398 e. The van der Waals surface area contributed by atoms with Crippen molar-refractivity contribution in [2.45, 2.75) is 10.6 Å². The molecule has 0 heterocycles. The van der Waals surface area contributed by atoms with Gasteiger partial charge < -0.3 is 5.73 Å². The van der Waals surface area contributed by atoms with E-state index in [9.17, 15) is 14.3 Å². The average Bonchev–Trinajstić information content (AvgIpc) is 2.38. The summed E-state index contributed by atoms with van der Waals surface area (Å²) in [5.74, 6) is -0.00884. The smallest absolute Gasteiger partial charge is 0.273 e. The van der Waals surface area contributed by atoms with Gasteiger partial charge in [-0.25, -0.2) is 0 Å². The molecule has 20 heavy (non-hydrogen) atoms. The van der Waals surface area contributed by atoms with E-state index in [1.165, 1.54) is 6.07 Å². The van der Waals surface area contributed by atoms with E-state index in [-0.39, 0.29) is 11.4 Å². The summed E-state index contributed by atoms with van der Waals surface area (Å²) in [7, 11) is -1.55. The van der Waals surface area contributed by atoms with E-state index in [1.807, 2.05) is 0 Å². The van der Waals surface area contributed by atoms with Crippen molar-refractivity contribution in [3.63, 3.8) is 0 Å². The Labute approximate surface area is 123 Å². The maximum absolute atomic E-state index is 12.4. The van der Waals surface area contributed by atoms with Crippen molar-refractivity contribution in [3.05, 3.63) is 63.2 Å². The maximum Gasteiger partial charge on any atom is 0.273 e. The Morgan fingerprint density at radius 1 is 1.20 bits per heavy atom. The molecule has 0 saturated heterocycles. The molecular formula is C13H11ClN2O3S. The molecule has 0 aliphatic carbocycles. The summed E-state index contributed by atoms with van der Waals surface area (Å²) in [6.07, 6.45) is 0. The highest BCUT2D eigenvalue weighted by molar-refractivity contribution is 7.84. The van der Waals surface area contributed by atoms with E-state index in [2.05, 4.69) is 0 Å². The summed E-state index contributed by atoms with van der Waals surface area (Å²) in [6, 6.07) is 11.0. The third-order valence-electron chi connectivity index (χ3n) is 2.70. The fourth-order valence-corrected chi connectivity index (χ4v) is 3.52. The molecule has 0 fully saturated rings. The molecule has 2 N–H and O–H groups in total. The molecule has 0 aromatic heterocycles. The van der Waals surface area contributed by atoms with Crippen molar-refractivity contribution in [2.24, 2.45) is 0 Å². The number of nitro groups is 1. The molecule has 0 spiro atoms. The Kier molecular flexibility index (Phi) is 4.36. The van der Waals surface area contributed by atoms with E-state index in [1.54, 1.807) is 36.4 Å². The van der Waals surface area contributed by atoms with Crippen molar-refractivity contribution in [1.29, 1.82) is 0 Å². The average molecular weight is 311 g/mol. The second-order valence-electron chi connectivity index (χ2n) is 4.03. The third kappa shape index (κ3) is 2.97. The Morgan fingerprint density at radius 2 is 1.90 bits per heavy atom. The molecule has 0 aliphatic rings. The van der Waals surface area contributed by atoms with E-state index < -0.39 is 15.7 Å². The van der Waals surface area contributed by atoms with Gasteiger partial charge in [0.05, 0.1) is 31.4 Å². The number of anilines is 1. The van der Waals surface area contributed by atoms with Crippen LogP contribution in [0.2, 0.25) is 5.02 Å². The number of nitro benzene ring substituents is 1. The van der Waals surface area contributed by atoms with Crippen LogP contribution in [0.1, 0.15) is 5.56 Å². The molecular weight excluding hydrogens is 300 g/mol. The van der Waals surface area contributed by atoms with Crippen LogP contribution >= 0.6 is 11.6 Å². The summed E-state index contributed by atoms with van der Waals surface area (Å²) in [6.45, 7) is 0. The number of halogens is 1. The molecule has 2 rings (SSSR count). The van der Waals surface area contributed by atoms with Gasteiger partial charge in [-0.1, -0.05) is 35.9 Å². The van der Waals surface area contributed by atoms with Gasteiger partial charge in [-0.2, -0.15) is 0 Å². The Hall–Kier alpha value is -1.92. The highest BCUT2D eigenvalue weighted by Gasteiger charge is 2.18. The molecule has 5 nitrogen and oxygen atoms in total. The van der Waals surface area contributed by atoms with Crippen molar-refractivity contribution < 1.29 is 9.13 Å². The van der Waals surface area contributed by atoms with E-state index in [0.29, 0.717) is 21.2 Å². The van der Waals surface area contributed by atoms with Gasteiger partial charge in [0.25, 0.3) is 5.69 Å². The van der Waals surface area contributed by atoms with Crippen LogP contribution in [0.5, 0.6) is 0 Å². The van der Waals surface area contributed by atoms with Crippen LogP contribution in [0.15, 0.2) is 47.4 Å². The van der Waals surface area contributed by atoms with Crippen molar-refractivity contribution >= 4 is 33.8 Å². The van der Waals surface area contributed by atoms with Gasteiger partial charge in [0.15, 0.2) is 0 Å². The van der Waals surface area contributed by atoms with Crippen LogP contribution in [0.25, 0.3) is 0 Å². The number of nitrogens with zero attached hydrogens (tertiary/aromatic N) is 1. The lowest BCUT2D eigenvalue weighted by atomic mass is 10.2. The molecule has 7 heteroatoms. The summed E-state index contributed by atoms with van der Waals surface area (Å²) in [5.41, 5.74) is 6.40. The molecule has 1 unspecified atom stereocenters. The largest absolute Gasteiger partial charge is 0.398 e. The number of hydrogen-bond acceptors (Lipinski definition) is 4. The first-order valence-corrected chi connectivity index (χ1v) is 7.35. The zero-order chi connectivity index (χ0) is 14.7. The van der Waals surface area contributed by atoms with Crippen molar-refractivity contribution in [2.75, 3.05) is 5.73 Å². The minimum atomic E-state index is -1.55. The van der Waals surface area contributed by atoms with Gasteiger partial charge in [0, 0.05) is 17.3 Å². The highest BCUT2D eigenvalue weighted by atomic mass is 35.5. The van der Waals surface area contributed by atoms with Crippen LogP contribution in [0.4, 0.5) is 11.4 Å². The monoisotopic (exact) mass is 310 g/mol. The number of rotatable bonds is 4. The molecule has 2 aromatic rings. The molecule has 0 aliphatic heterocycles. The van der Waals surface area contributed by atoms with Crippen LogP contribution in [0, 0.1) is 10.1 Å². The van der Waals surface area contributed by atoms with Gasteiger partial charge in [0.1, 0.15) is 0 Å².